The summed E-state index contributed by atoms with van der Waals surface area (Å²) in [4.78, 5) is 31.5. The molecule has 0 fully saturated rings. The Labute approximate surface area is 160 Å². The normalized spacial score (nSPS) is 11.2. The Bertz CT molecular complexity index is 889. The highest BCUT2D eigenvalue weighted by atomic mass is 19.1. The Hall–Kier alpha value is -3.14. The summed E-state index contributed by atoms with van der Waals surface area (Å²) >= 11 is 0. The second-order valence-electron chi connectivity index (χ2n) is 6.72. The van der Waals surface area contributed by atoms with Crippen molar-refractivity contribution in [2.45, 2.75) is 33.0 Å². The molecule has 0 saturated carbocycles. The first-order valence-electron chi connectivity index (χ1n) is 8.18. The molecule has 2 aromatic rings. The molecule has 1 heterocycles. The second kappa shape index (κ2) is 8.26. The van der Waals surface area contributed by atoms with E-state index >= 15 is 0 Å². The molecule has 1 aromatic carbocycles. The minimum absolute atomic E-state index is 0.0190. The van der Waals surface area contributed by atoms with Crippen molar-refractivity contribution >= 4 is 11.5 Å². The maximum absolute atomic E-state index is 14.1. The lowest BCUT2D eigenvalue weighted by Crippen LogP contribution is -2.20. The predicted molar refractivity (Wildman–Crippen MR) is 96.2 cm³/mol. The van der Waals surface area contributed by atoms with Gasteiger partial charge >= 0.3 is 0 Å². The van der Waals surface area contributed by atoms with Crippen molar-refractivity contribution in [1.29, 1.82) is 0 Å². The molecule has 2 rings (SSSR count). The van der Waals surface area contributed by atoms with E-state index in [1.54, 1.807) is 20.8 Å². The van der Waals surface area contributed by atoms with Crippen LogP contribution in [0.15, 0.2) is 18.2 Å². The molecule has 0 spiro atoms. The number of ether oxygens (including phenoxy) is 3. The van der Waals surface area contributed by atoms with Crippen molar-refractivity contribution in [3.05, 3.63) is 51.1 Å². The number of benzene rings is 1. The molecular weight excluding hydrogens is 373 g/mol. The Morgan fingerprint density at radius 3 is 2.18 bits per heavy atom. The van der Waals surface area contributed by atoms with Gasteiger partial charge in [-0.3, -0.25) is 14.9 Å². The first-order valence-corrected chi connectivity index (χ1v) is 8.18. The molecule has 0 radical (unpaired) electrons. The summed E-state index contributed by atoms with van der Waals surface area (Å²) in [5.74, 6) is -2.15. The molecule has 0 bridgehead atoms. The lowest BCUT2D eigenvalue weighted by Gasteiger charge is -2.19. The van der Waals surface area contributed by atoms with E-state index in [2.05, 4.69) is 9.97 Å². The van der Waals surface area contributed by atoms with Gasteiger partial charge in [0, 0.05) is 0 Å². The summed E-state index contributed by atoms with van der Waals surface area (Å²) in [5.41, 5.74) is -1.75. The number of nitro groups is 1. The monoisotopic (exact) mass is 393 g/mol. The minimum Gasteiger partial charge on any atom is -0.481 e. The van der Waals surface area contributed by atoms with E-state index in [1.165, 1.54) is 20.3 Å². The minimum atomic E-state index is -0.944. The van der Waals surface area contributed by atoms with Crippen LogP contribution in [0.2, 0.25) is 0 Å². The van der Waals surface area contributed by atoms with E-state index in [4.69, 9.17) is 14.2 Å². The predicted octanol–water partition coefficient (Wildman–Crippen LogP) is 3.09. The zero-order valence-electron chi connectivity index (χ0n) is 16.1. The summed E-state index contributed by atoms with van der Waals surface area (Å²) in [5, 5.41) is 11.6. The third-order valence-electron chi connectivity index (χ3n) is 3.54. The third kappa shape index (κ3) is 4.97. The highest BCUT2D eigenvalue weighted by molar-refractivity contribution is 6.09. The van der Waals surface area contributed by atoms with Gasteiger partial charge in [0.25, 0.3) is 5.69 Å². The number of rotatable bonds is 7. The number of methoxy groups -OCH3 is 2. The van der Waals surface area contributed by atoms with Crippen LogP contribution in [0.3, 0.4) is 0 Å². The molecular formula is C18H20FN3O6. The molecule has 0 N–H and O–H groups in total. The Balaban J connectivity index is 2.59. The number of carbonyl (C=O) groups is 1. The summed E-state index contributed by atoms with van der Waals surface area (Å²) < 4.78 is 29.6. The molecule has 150 valence electrons. The third-order valence-corrected chi connectivity index (χ3v) is 3.54. The molecule has 28 heavy (non-hydrogen) atoms. The number of carbonyl (C=O) groups excluding carboxylic acids is 1. The van der Waals surface area contributed by atoms with Crippen molar-refractivity contribution < 1.29 is 28.3 Å². The van der Waals surface area contributed by atoms with Crippen LogP contribution in [0, 0.1) is 15.9 Å². The fourth-order valence-corrected chi connectivity index (χ4v) is 2.28. The van der Waals surface area contributed by atoms with Crippen molar-refractivity contribution in [3.63, 3.8) is 0 Å². The van der Waals surface area contributed by atoms with E-state index < -0.39 is 39.2 Å². The van der Waals surface area contributed by atoms with Crippen LogP contribution < -0.4 is 9.47 Å². The van der Waals surface area contributed by atoms with Gasteiger partial charge in [-0.25, -0.2) is 4.39 Å². The van der Waals surface area contributed by atoms with Gasteiger partial charge in [0.05, 0.1) is 43.0 Å². The Morgan fingerprint density at radius 1 is 1.14 bits per heavy atom. The maximum Gasteiger partial charge on any atom is 0.286 e. The molecule has 0 aliphatic heterocycles. The Morgan fingerprint density at radius 2 is 1.71 bits per heavy atom. The number of aromatic nitrogens is 2. The number of halogens is 1. The van der Waals surface area contributed by atoms with Gasteiger partial charge in [-0.05, 0) is 32.9 Å². The van der Waals surface area contributed by atoms with Gasteiger partial charge in [-0.1, -0.05) is 0 Å². The lowest BCUT2D eigenvalue weighted by molar-refractivity contribution is -0.386. The first-order chi connectivity index (χ1) is 13.1. The van der Waals surface area contributed by atoms with Crippen LogP contribution in [0.25, 0.3) is 0 Å². The van der Waals surface area contributed by atoms with Gasteiger partial charge in [0.1, 0.15) is 11.4 Å². The van der Waals surface area contributed by atoms with E-state index in [9.17, 15) is 19.3 Å². The molecule has 9 nitrogen and oxygen atoms in total. The number of ketones is 1. The molecule has 0 aliphatic carbocycles. The van der Waals surface area contributed by atoms with Gasteiger partial charge in [-0.15, -0.1) is 0 Å². The first kappa shape index (κ1) is 21.2. The topological polar surface area (TPSA) is 114 Å². The van der Waals surface area contributed by atoms with Crippen LogP contribution in [0.4, 0.5) is 10.1 Å². The van der Waals surface area contributed by atoms with Gasteiger partial charge < -0.3 is 14.2 Å². The van der Waals surface area contributed by atoms with E-state index in [1.807, 2.05) is 0 Å². The van der Waals surface area contributed by atoms with E-state index in [0.29, 0.717) is 0 Å². The number of hydrogen-bond donors (Lipinski definition) is 0. The number of nitro benzene ring substituents is 1. The summed E-state index contributed by atoms with van der Waals surface area (Å²) in [6, 6.07) is 3.07. The van der Waals surface area contributed by atoms with Crippen molar-refractivity contribution in [3.8, 4) is 11.8 Å². The van der Waals surface area contributed by atoms with E-state index in [0.717, 1.165) is 12.1 Å². The molecule has 1 aromatic heterocycles. The average molecular weight is 393 g/mol. The molecule has 0 saturated heterocycles. The van der Waals surface area contributed by atoms with Crippen LogP contribution in [-0.2, 0) is 11.3 Å². The van der Waals surface area contributed by atoms with Crippen molar-refractivity contribution in [2.75, 3.05) is 14.2 Å². The maximum atomic E-state index is 14.1. The molecule has 0 amide bonds. The molecule has 0 aliphatic rings. The number of hydrogen-bond acceptors (Lipinski definition) is 8. The fraction of sp³-hybridized carbons (Fsp3) is 0.389. The zero-order chi connectivity index (χ0) is 21.1. The van der Waals surface area contributed by atoms with Crippen molar-refractivity contribution in [1.82, 2.24) is 9.97 Å². The quantitative estimate of drug-likeness (QED) is 0.400. The van der Waals surface area contributed by atoms with Crippen molar-refractivity contribution in [2.24, 2.45) is 0 Å². The zero-order valence-corrected chi connectivity index (χ0v) is 16.1. The number of nitrogens with zero attached hydrogens (tertiary/aromatic N) is 3. The SMILES string of the molecule is COc1cc(OC)nc(C(=O)c2cc(F)cc(COC(C)(C)C)c2[N+](=O)[O-])n1. The summed E-state index contributed by atoms with van der Waals surface area (Å²) in [6.07, 6.45) is 0. The Kier molecular flexibility index (Phi) is 6.24. The molecule has 0 atom stereocenters. The standard InChI is InChI=1S/C18H20FN3O6/c1-18(2,3)28-9-10-6-11(19)7-12(15(10)22(24)25)16(23)17-20-13(26-4)8-14(21-17)27-5/h6-8H,9H2,1-5H3. The molecule has 0 unspecified atom stereocenters. The van der Waals surface area contributed by atoms with Gasteiger partial charge in [0.2, 0.25) is 23.4 Å². The lowest BCUT2D eigenvalue weighted by atomic mass is 10.0. The van der Waals surface area contributed by atoms with Crippen LogP contribution >= 0.6 is 0 Å². The molecule has 10 heteroatoms. The highest BCUT2D eigenvalue weighted by Crippen LogP contribution is 2.29. The highest BCUT2D eigenvalue weighted by Gasteiger charge is 2.30. The van der Waals surface area contributed by atoms with Gasteiger partial charge in [-0.2, -0.15) is 9.97 Å². The largest absolute Gasteiger partial charge is 0.481 e. The fourth-order valence-electron chi connectivity index (χ4n) is 2.28. The van der Waals surface area contributed by atoms with Crippen LogP contribution in [0.5, 0.6) is 11.8 Å². The van der Waals surface area contributed by atoms with Gasteiger partial charge in [0.15, 0.2) is 0 Å². The average Bonchev–Trinajstić information content (AvgIpc) is 2.63. The smallest absolute Gasteiger partial charge is 0.286 e. The summed E-state index contributed by atoms with van der Waals surface area (Å²) in [7, 11) is 2.64. The van der Waals surface area contributed by atoms with Crippen LogP contribution in [0.1, 0.15) is 42.5 Å². The van der Waals surface area contributed by atoms with Crippen LogP contribution in [-0.4, -0.2) is 40.5 Å². The van der Waals surface area contributed by atoms with E-state index in [-0.39, 0.29) is 23.9 Å². The second-order valence-corrected chi connectivity index (χ2v) is 6.72. The summed E-state index contributed by atoms with van der Waals surface area (Å²) in [6.45, 7) is 5.00.